The minimum atomic E-state index is 0.331. The van der Waals surface area contributed by atoms with Gasteiger partial charge in [0.05, 0.1) is 0 Å². The summed E-state index contributed by atoms with van der Waals surface area (Å²) < 4.78 is 0. The molecule has 102 valence electrons. The van der Waals surface area contributed by atoms with Gasteiger partial charge in [-0.2, -0.15) is 0 Å². The summed E-state index contributed by atoms with van der Waals surface area (Å²) in [6, 6.07) is 4.66. The maximum absolute atomic E-state index is 4.11. The number of nitrogens with one attached hydrogen (secondary N) is 1. The topological polar surface area (TPSA) is 28.2 Å². The van der Waals surface area contributed by atoms with E-state index in [-0.39, 0.29) is 0 Å². The van der Waals surface area contributed by atoms with Crippen molar-refractivity contribution in [2.24, 2.45) is 5.41 Å². The Morgan fingerprint density at radius 2 is 2.11 bits per heavy atom. The van der Waals surface area contributed by atoms with Crippen molar-refractivity contribution in [2.45, 2.75) is 40.3 Å². The highest BCUT2D eigenvalue weighted by molar-refractivity contribution is 5.07. The van der Waals surface area contributed by atoms with Crippen molar-refractivity contribution >= 4 is 0 Å². The molecule has 1 atom stereocenters. The fourth-order valence-electron chi connectivity index (χ4n) is 1.85. The van der Waals surface area contributed by atoms with Crippen LogP contribution in [0.1, 0.15) is 33.3 Å². The molecule has 1 heterocycles. The molecule has 0 aliphatic heterocycles. The summed E-state index contributed by atoms with van der Waals surface area (Å²) in [7, 11) is 2.20. The van der Waals surface area contributed by atoms with Gasteiger partial charge in [0.15, 0.2) is 0 Å². The SMILES string of the molecule is CC(N(C)CCNCc1cccnc1)C(C)(C)C. The second-order valence-electron chi connectivity index (χ2n) is 6.06. The van der Waals surface area contributed by atoms with Gasteiger partial charge in [-0.25, -0.2) is 0 Å². The third kappa shape index (κ3) is 5.15. The number of aromatic nitrogens is 1. The molecule has 0 aliphatic carbocycles. The normalized spacial score (nSPS) is 13.9. The molecule has 0 aliphatic rings. The number of hydrogen-bond acceptors (Lipinski definition) is 3. The Morgan fingerprint density at radius 3 is 2.67 bits per heavy atom. The molecule has 1 unspecified atom stereocenters. The van der Waals surface area contributed by atoms with Gasteiger partial charge in [0.1, 0.15) is 0 Å². The molecular formula is C15H27N3. The highest BCUT2D eigenvalue weighted by atomic mass is 15.1. The van der Waals surface area contributed by atoms with E-state index in [4.69, 9.17) is 0 Å². The molecule has 1 rings (SSSR count). The van der Waals surface area contributed by atoms with Crippen LogP contribution in [-0.4, -0.2) is 36.1 Å². The van der Waals surface area contributed by atoms with E-state index in [0.717, 1.165) is 19.6 Å². The van der Waals surface area contributed by atoms with E-state index in [9.17, 15) is 0 Å². The van der Waals surface area contributed by atoms with E-state index in [2.05, 4.69) is 56.0 Å². The van der Waals surface area contributed by atoms with Gasteiger partial charge in [0.2, 0.25) is 0 Å². The van der Waals surface area contributed by atoms with E-state index in [1.165, 1.54) is 5.56 Å². The maximum atomic E-state index is 4.11. The number of likely N-dealkylation sites (N-methyl/N-ethyl adjacent to an activating group) is 1. The first kappa shape index (κ1) is 15.1. The van der Waals surface area contributed by atoms with Gasteiger partial charge in [-0.1, -0.05) is 26.8 Å². The number of hydrogen-bond donors (Lipinski definition) is 1. The standard InChI is InChI=1S/C15H27N3/c1-13(15(2,3)4)18(5)10-9-17-12-14-7-6-8-16-11-14/h6-8,11,13,17H,9-10,12H2,1-5H3. The summed E-state index contributed by atoms with van der Waals surface area (Å²) in [6.07, 6.45) is 3.72. The Bertz CT molecular complexity index is 329. The van der Waals surface area contributed by atoms with Crippen LogP contribution in [0.5, 0.6) is 0 Å². The van der Waals surface area contributed by atoms with Crippen molar-refractivity contribution in [3.63, 3.8) is 0 Å². The van der Waals surface area contributed by atoms with Crippen LogP contribution in [0.25, 0.3) is 0 Å². The molecule has 1 N–H and O–H groups in total. The van der Waals surface area contributed by atoms with Crippen LogP contribution in [0, 0.1) is 5.41 Å². The van der Waals surface area contributed by atoms with Gasteiger partial charge >= 0.3 is 0 Å². The zero-order chi connectivity index (χ0) is 13.6. The fourth-order valence-corrected chi connectivity index (χ4v) is 1.85. The van der Waals surface area contributed by atoms with Crippen molar-refractivity contribution in [1.29, 1.82) is 0 Å². The Hall–Kier alpha value is -0.930. The van der Waals surface area contributed by atoms with Gasteiger partial charge in [-0.3, -0.25) is 4.98 Å². The van der Waals surface area contributed by atoms with Crippen LogP contribution in [0.2, 0.25) is 0 Å². The third-order valence-corrected chi connectivity index (χ3v) is 3.61. The van der Waals surface area contributed by atoms with Crippen LogP contribution in [0.3, 0.4) is 0 Å². The van der Waals surface area contributed by atoms with Crippen molar-refractivity contribution in [2.75, 3.05) is 20.1 Å². The summed E-state index contributed by atoms with van der Waals surface area (Å²) in [5, 5.41) is 3.46. The van der Waals surface area contributed by atoms with Crippen LogP contribution in [-0.2, 0) is 6.54 Å². The monoisotopic (exact) mass is 249 g/mol. The van der Waals surface area contributed by atoms with Crippen LogP contribution < -0.4 is 5.32 Å². The smallest absolute Gasteiger partial charge is 0.0312 e. The summed E-state index contributed by atoms with van der Waals surface area (Å²) in [4.78, 5) is 6.52. The average molecular weight is 249 g/mol. The fraction of sp³-hybridized carbons (Fsp3) is 0.667. The van der Waals surface area contributed by atoms with Gasteiger partial charge < -0.3 is 10.2 Å². The molecule has 0 amide bonds. The summed E-state index contributed by atoms with van der Waals surface area (Å²) in [5.74, 6) is 0. The second kappa shape index (κ2) is 6.86. The third-order valence-electron chi connectivity index (χ3n) is 3.61. The van der Waals surface area contributed by atoms with Gasteiger partial charge in [0.25, 0.3) is 0 Å². The highest BCUT2D eigenvalue weighted by Gasteiger charge is 2.23. The average Bonchev–Trinajstić information content (AvgIpc) is 2.33. The number of nitrogens with zero attached hydrogens (tertiary/aromatic N) is 2. The number of rotatable bonds is 6. The first-order valence-electron chi connectivity index (χ1n) is 6.71. The Balaban J connectivity index is 2.22. The Labute approximate surface area is 112 Å². The first-order chi connectivity index (χ1) is 8.41. The zero-order valence-corrected chi connectivity index (χ0v) is 12.4. The highest BCUT2D eigenvalue weighted by Crippen LogP contribution is 2.22. The maximum Gasteiger partial charge on any atom is 0.0312 e. The second-order valence-corrected chi connectivity index (χ2v) is 6.06. The summed E-state index contributed by atoms with van der Waals surface area (Å²) in [6.45, 7) is 12.1. The summed E-state index contributed by atoms with van der Waals surface area (Å²) >= 11 is 0. The largest absolute Gasteiger partial charge is 0.311 e. The predicted octanol–water partition coefficient (Wildman–Crippen LogP) is 2.54. The minimum absolute atomic E-state index is 0.331. The molecular weight excluding hydrogens is 222 g/mol. The van der Waals surface area contributed by atoms with E-state index in [1.54, 1.807) is 0 Å². The molecule has 1 aromatic rings. The Morgan fingerprint density at radius 1 is 1.39 bits per heavy atom. The van der Waals surface area contributed by atoms with Gasteiger partial charge in [0, 0.05) is 38.1 Å². The van der Waals surface area contributed by atoms with Crippen LogP contribution >= 0.6 is 0 Å². The molecule has 0 aromatic carbocycles. The van der Waals surface area contributed by atoms with E-state index in [0.29, 0.717) is 11.5 Å². The minimum Gasteiger partial charge on any atom is -0.311 e. The van der Waals surface area contributed by atoms with Gasteiger partial charge in [-0.05, 0) is 31.0 Å². The lowest BCUT2D eigenvalue weighted by Gasteiger charge is -2.35. The molecule has 0 saturated heterocycles. The first-order valence-corrected chi connectivity index (χ1v) is 6.71. The van der Waals surface area contributed by atoms with Crippen LogP contribution in [0.4, 0.5) is 0 Å². The lowest BCUT2D eigenvalue weighted by atomic mass is 9.87. The molecule has 1 aromatic heterocycles. The summed E-state index contributed by atoms with van der Waals surface area (Å²) in [5.41, 5.74) is 1.57. The van der Waals surface area contributed by atoms with Crippen molar-refractivity contribution in [3.8, 4) is 0 Å². The van der Waals surface area contributed by atoms with Crippen molar-refractivity contribution in [1.82, 2.24) is 15.2 Å². The van der Waals surface area contributed by atoms with E-state index < -0.39 is 0 Å². The van der Waals surface area contributed by atoms with Gasteiger partial charge in [-0.15, -0.1) is 0 Å². The molecule has 0 fully saturated rings. The molecule has 0 spiro atoms. The van der Waals surface area contributed by atoms with E-state index >= 15 is 0 Å². The quantitative estimate of drug-likeness (QED) is 0.785. The molecule has 3 nitrogen and oxygen atoms in total. The van der Waals surface area contributed by atoms with E-state index in [1.807, 2.05) is 18.5 Å². The molecule has 3 heteroatoms. The Kier molecular flexibility index (Phi) is 5.76. The molecule has 18 heavy (non-hydrogen) atoms. The zero-order valence-electron chi connectivity index (χ0n) is 12.4. The molecule has 0 saturated carbocycles. The van der Waals surface area contributed by atoms with Crippen molar-refractivity contribution in [3.05, 3.63) is 30.1 Å². The number of pyridine rings is 1. The molecule has 0 bridgehead atoms. The van der Waals surface area contributed by atoms with Crippen LogP contribution in [0.15, 0.2) is 24.5 Å². The van der Waals surface area contributed by atoms with Crippen molar-refractivity contribution < 1.29 is 0 Å². The lowest BCUT2D eigenvalue weighted by Crippen LogP contribution is -2.42. The lowest BCUT2D eigenvalue weighted by molar-refractivity contribution is 0.142. The predicted molar refractivity (Wildman–Crippen MR) is 77.5 cm³/mol. The molecule has 0 radical (unpaired) electrons.